The first-order valence-electron chi connectivity index (χ1n) is 5.69. The summed E-state index contributed by atoms with van der Waals surface area (Å²) in [6.07, 6.45) is 5.69. The van der Waals surface area contributed by atoms with Gasteiger partial charge in [0.2, 0.25) is 0 Å². The van der Waals surface area contributed by atoms with Crippen molar-refractivity contribution in [3.05, 3.63) is 0 Å². The Morgan fingerprint density at radius 2 is 2.31 bits per heavy atom. The summed E-state index contributed by atoms with van der Waals surface area (Å²) in [6.45, 7) is 7.54. The van der Waals surface area contributed by atoms with Crippen molar-refractivity contribution in [2.75, 3.05) is 19.7 Å². The maximum absolute atomic E-state index is 5.69. The van der Waals surface area contributed by atoms with Crippen LogP contribution in [0.2, 0.25) is 0 Å². The second-order valence-electron chi connectivity index (χ2n) is 4.00. The van der Waals surface area contributed by atoms with E-state index in [1.807, 2.05) is 0 Å². The van der Waals surface area contributed by atoms with Gasteiger partial charge in [-0.05, 0) is 12.3 Å². The molecule has 0 aromatic rings. The summed E-state index contributed by atoms with van der Waals surface area (Å²) in [5.41, 5.74) is 0. The van der Waals surface area contributed by atoms with E-state index in [-0.39, 0.29) is 0 Å². The van der Waals surface area contributed by atoms with Crippen LogP contribution in [0.4, 0.5) is 0 Å². The van der Waals surface area contributed by atoms with Crippen LogP contribution in [0.3, 0.4) is 0 Å². The fourth-order valence-corrected chi connectivity index (χ4v) is 2.04. The Labute approximate surface area is 82.0 Å². The van der Waals surface area contributed by atoms with Crippen molar-refractivity contribution in [2.24, 2.45) is 5.92 Å². The van der Waals surface area contributed by atoms with Crippen molar-refractivity contribution >= 4 is 0 Å². The normalized spacial score (nSPS) is 25.8. The zero-order chi connectivity index (χ0) is 9.52. The Hall–Kier alpha value is -0.0800. The zero-order valence-corrected chi connectivity index (χ0v) is 9.01. The summed E-state index contributed by atoms with van der Waals surface area (Å²) in [7, 11) is 0. The molecule has 0 aromatic heterocycles. The lowest BCUT2D eigenvalue weighted by Gasteiger charge is -2.27. The van der Waals surface area contributed by atoms with Crippen LogP contribution in [-0.2, 0) is 4.74 Å². The highest BCUT2D eigenvalue weighted by atomic mass is 16.5. The van der Waals surface area contributed by atoms with Crippen LogP contribution >= 0.6 is 0 Å². The van der Waals surface area contributed by atoms with Gasteiger partial charge in [-0.3, -0.25) is 0 Å². The lowest BCUT2D eigenvalue weighted by molar-refractivity contribution is 0.0123. The number of rotatable bonds is 5. The molecule has 0 bridgehead atoms. The number of ether oxygens (including phenoxy) is 1. The largest absolute Gasteiger partial charge is 0.376 e. The highest BCUT2D eigenvalue weighted by Gasteiger charge is 2.17. The van der Waals surface area contributed by atoms with Crippen molar-refractivity contribution in [2.45, 2.75) is 45.6 Å². The van der Waals surface area contributed by atoms with Gasteiger partial charge in [-0.2, -0.15) is 0 Å². The van der Waals surface area contributed by atoms with E-state index in [1.165, 1.54) is 25.7 Å². The van der Waals surface area contributed by atoms with E-state index in [4.69, 9.17) is 4.74 Å². The lowest BCUT2D eigenvalue weighted by atomic mass is 9.94. The minimum atomic E-state index is 0.477. The van der Waals surface area contributed by atoms with Crippen molar-refractivity contribution < 1.29 is 4.74 Å². The Morgan fingerprint density at radius 3 is 2.85 bits per heavy atom. The average Bonchev–Trinajstić information content (AvgIpc) is 2.19. The van der Waals surface area contributed by atoms with Gasteiger partial charge in [-0.25, -0.2) is 0 Å². The minimum absolute atomic E-state index is 0.477. The Balaban J connectivity index is 2.18. The predicted molar refractivity (Wildman–Crippen MR) is 55.9 cm³/mol. The smallest absolute Gasteiger partial charge is 0.0702 e. The van der Waals surface area contributed by atoms with Crippen LogP contribution in [-0.4, -0.2) is 25.8 Å². The van der Waals surface area contributed by atoms with Crippen LogP contribution < -0.4 is 5.32 Å². The molecule has 1 heterocycles. The second-order valence-corrected chi connectivity index (χ2v) is 4.00. The van der Waals surface area contributed by atoms with Crippen LogP contribution in [0.5, 0.6) is 0 Å². The number of hydrogen-bond acceptors (Lipinski definition) is 2. The van der Waals surface area contributed by atoms with Crippen LogP contribution in [0.15, 0.2) is 0 Å². The number of hydrogen-bond donors (Lipinski definition) is 1. The molecule has 0 saturated carbocycles. The molecule has 0 aliphatic carbocycles. The molecule has 2 nitrogen and oxygen atoms in total. The van der Waals surface area contributed by atoms with Gasteiger partial charge in [0.1, 0.15) is 0 Å². The van der Waals surface area contributed by atoms with Gasteiger partial charge in [0.15, 0.2) is 0 Å². The number of morpholine rings is 1. The van der Waals surface area contributed by atoms with E-state index < -0.39 is 0 Å². The van der Waals surface area contributed by atoms with Gasteiger partial charge in [-0.1, -0.05) is 33.1 Å². The first-order valence-corrected chi connectivity index (χ1v) is 5.69. The molecule has 0 radical (unpaired) electrons. The fraction of sp³-hybridized carbons (Fsp3) is 1.00. The van der Waals surface area contributed by atoms with Crippen LogP contribution in [0.1, 0.15) is 39.5 Å². The molecule has 0 spiro atoms. The fourth-order valence-electron chi connectivity index (χ4n) is 2.04. The van der Waals surface area contributed by atoms with E-state index in [0.717, 1.165) is 25.6 Å². The summed E-state index contributed by atoms with van der Waals surface area (Å²) in [6, 6.07) is 0. The van der Waals surface area contributed by atoms with E-state index in [9.17, 15) is 0 Å². The molecule has 1 aliphatic heterocycles. The molecular formula is C11H23NO. The maximum Gasteiger partial charge on any atom is 0.0702 e. The molecule has 2 atom stereocenters. The van der Waals surface area contributed by atoms with Crippen molar-refractivity contribution in [1.82, 2.24) is 5.32 Å². The Morgan fingerprint density at radius 1 is 1.46 bits per heavy atom. The quantitative estimate of drug-likeness (QED) is 0.709. The lowest BCUT2D eigenvalue weighted by Crippen LogP contribution is -2.39. The summed E-state index contributed by atoms with van der Waals surface area (Å²) in [5, 5.41) is 3.38. The van der Waals surface area contributed by atoms with E-state index in [0.29, 0.717) is 6.10 Å². The molecule has 0 aromatic carbocycles. The van der Waals surface area contributed by atoms with Gasteiger partial charge < -0.3 is 10.1 Å². The third-order valence-corrected chi connectivity index (χ3v) is 2.87. The molecule has 2 unspecified atom stereocenters. The molecule has 1 aliphatic rings. The molecule has 1 saturated heterocycles. The summed E-state index contributed by atoms with van der Waals surface area (Å²) < 4.78 is 5.69. The molecule has 1 rings (SSSR count). The first kappa shape index (κ1) is 11.0. The van der Waals surface area contributed by atoms with Gasteiger partial charge in [-0.15, -0.1) is 0 Å². The van der Waals surface area contributed by atoms with Gasteiger partial charge in [0.05, 0.1) is 12.7 Å². The van der Waals surface area contributed by atoms with Gasteiger partial charge >= 0.3 is 0 Å². The Kier molecular flexibility index (Phi) is 5.40. The minimum Gasteiger partial charge on any atom is -0.376 e. The third-order valence-electron chi connectivity index (χ3n) is 2.87. The van der Waals surface area contributed by atoms with Gasteiger partial charge in [0.25, 0.3) is 0 Å². The van der Waals surface area contributed by atoms with Crippen molar-refractivity contribution in [3.63, 3.8) is 0 Å². The van der Waals surface area contributed by atoms with Crippen molar-refractivity contribution in [1.29, 1.82) is 0 Å². The first-order chi connectivity index (χ1) is 6.36. The van der Waals surface area contributed by atoms with E-state index >= 15 is 0 Å². The van der Waals surface area contributed by atoms with Crippen molar-refractivity contribution in [3.8, 4) is 0 Å². The molecule has 1 fully saturated rings. The monoisotopic (exact) mass is 185 g/mol. The Bertz CT molecular complexity index is 119. The third kappa shape index (κ3) is 4.10. The molecule has 2 heteroatoms. The molecule has 0 amide bonds. The zero-order valence-electron chi connectivity index (χ0n) is 9.01. The topological polar surface area (TPSA) is 21.3 Å². The molecule has 13 heavy (non-hydrogen) atoms. The summed E-state index contributed by atoms with van der Waals surface area (Å²) in [4.78, 5) is 0. The predicted octanol–water partition coefficient (Wildman–Crippen LogP) is 2.19. The second kappa shape index (κ2) is 6.39. The van der Waals surface area contributed by atoms with Crippen LogP contribution in [0.25, 0.3) is 0 Å². The van der Waals surface area contributed by atoms with E-state index in [2.05, 4.69) is 19.2 Å². The summed E-state index contributed by atoms with van der Waals surface area (Å²) >= 11 is 0. The van der Waals surface area contributed by atoms with E-state index in [1.54, 1.807) is 0 Å². The SMILES string of the molecule is CCCC(CC)CC1CNCCO1. The van der Waals surface area contributed by atoms with Gasteiger partial charge in [0, 0.05) is 13.1 Å². The summed E-state index contributed by atoms with van der Waals surface area (Å²) in [5.74, 6) is 0.870. The maximum atomic E-state index is 5.69. The molecular weight excluding hydrogens is 162 g/mol. The highest BCUT2D eigenvalue weighted by molar-refractivity contribution is 4.71. The highest BCUT2D eigenvalue weighted by Crippen LogP contribution is 2.19. The standard InChI is InChI=1S/C11H23NO/c1-3-5-10(4-2)8-11-9-12-6-7-13-11/h10-12H,3-9H2,1-2H3. The average molecular weight is 185 g/mol. The molecule has 78 valence electrons. The number of nitrogens with one attached hydrogen (secondary N) is 1. The molecule has 1 N–H and O–H groups in total. The van der Waals surface area contributed by atoms with Crippen LogP contribution in [0, 0.1) is 5.92 Å².